The van der Waals surface area contributed by atoms with Crippen molar-refractivity contribution < 1.29 is 19.1 Å². The second-order valence-corrected chi connectivity index (χ2v) is 10.5. The van der Waals surface area contributed by atoms with Gasteiger partial charge in [0.2, 0.25) is 17.7 Å². The molecule has 2 aliphatic heterocycles. The molecule has 7 heteroatoms. The minimum Gasteiger partial charge on any atom is -0.358 e. The number of benzene rings is 1. The molecule has 0 saturated carbocycles. The van der Waals surface area contributed by atoms with Gasteiger partial charge in [-0.05, 0) is 48.6 Å². The molecule has 180 valence electrons. The second-order valence-electron chi connectivity index (χ2n) is 10.5. The van der Waals surface area contributed by atoms with Gasteiger partial charge in [0.25, 0.3) is 0 Å². The number of ether oxygens (including phenoxy) is 1. The van der Waals surface area contributed by atoms with Gasteiger partial charge >= 0.3 is 0 Å². The fourth-order valence-electron chi connectivity index (χ4n) is 5.51. The van der Waals surface area contributed by atoms with Crippen LogP contribution in [0, 0.1) is 11.3 Å². The van der Waals surface area contributed by atoms with E-state index in [1.807, 2.05) is 39.8 Å². The van der Waals surface area contributed by atoms with Gasteiger partial charge in [-0.3, -0.25) is 14.4 Å². The molecule has 1 aromatic rings. The zero-order chi connectivity index (χ0) is 23.8. The third-order valence-electron chi connectivity index (χ3n) is 7.61. The molecule has 4 rings (SSSR count). The average Bonchev–Trinajstić information content (AvgIpc) is 2.99. The number of hydrogen-bond acceptors (Lipinski definition) is 4. The van der Waals surface area contributed by atoms with Crippen molar-refractivity contribution in [1.29, 1.82) is 0 Å². The number of aryl methyl sites for hydroxylation is 1. The lowest BCUT2D eigenvalue weighted by atomic mass is 9.82. The van der Waals surface area contributed by atoms with E-state index in [9.17, 15) is 14.4 Å². The average molecular weight is 456 g/mol. The molecule has 2 saturated heterocycles. The van der Waals surface area contributed by atoms with E-state index in [2.05, 4.69) is 22.8 Å². The molecule has 0 unspecified atom stereocenters. The number of hydrogen-bond donors (Lipinski definition) is 2. The van der Waals surface area contributed by atoms with E-state index in [4.69, 9.17) is 4.74 Å². The Morgan fingerprint density at radius 2 is 1.94 bits per heavy atom. The fourth-order valence-corrected chi connectivity index (χ4v) is 5.51. The van der Waals surface area contributed by atoms with Gasteiger partial charge in [-0.1, -0.05) is 52.0 Å². The summed E-state index contributed by atoms with van der Waals surface area (Å²) in [7, 11) is 0. The Morgan fingerprint density at radius 3 is 2.70 bits per heavy atom. The van der Waals surface area contributed by atoms with Gasteiger partial charge in [0.15, 0.2) is 0 Å². The van der Waals surface area contributed by atoms with Gasteiger partial charge in [0.05, 0.1) is 12.6 Å². The zero-order valence-corrected chi connectivity index (χ0v) is 20.2. The van der Waals surface area contributed by atoms with Gasteiger partial charge in [-0.2, -0.15) is 0 Å². The second kappa shape index (κ2) is 9.45. The van der Waals surface area contributed by atoms with E-state index in [-0.39, 0.29) is 29.7 Å². The topological polar surface area (TPSA) is 87.7 Å². The van der Waals surface area contributed by atoms with Gasteiger partial charge in [-0.15, -0.1) is 0 Å². The highest BCUT2D eigenvalue weighted by molar-refractivity contribution is 5.93. The minimum absolute atomic E-state index is 0.0544. The Labute approximate surface area is 196 Å². The summed E-state index contributed by atoms with van der Waals surface area (Å²) < 4.78 is 6.03. The Bertz CT molecular complexity index is 915. The van der Waals surface area contributed by atoms with Crippen LogP contribution in [0.25, 0.3) is 0 Å². The van der Waals surface area contributed by atoms with Gasteiger partial charge in [0, 0.05) is 12.3 Å². The molecule has 7 nitrogen and oxygen atoms in total. The van der Waals surface area contributed by atoms with Crippen LogP contribution in [0.4, 0.5) is 0 Å². The SMILES string of the molecule is CC[C@@H](C)C(=O)N[C@H]1CCO[C@H]2CC(C)(C)[C@@H](C(=O)N[C@@H]3CCCc4ccccc43)N2C1=O. The molecule has 2 fully saturated rings. The van der Waals surface area contributed by atoms with Crippen molar-refractivity contribution in [3.05, 3.63) is 35.4 Å². The number of rotatable bonds is 5. The Morgan fingerprint density at radius 1 is 1.18 bits per heavy atom. The Balaban J connectivity index is 1.56. The molecule has 1 aromatic carbocycles. The Kier molecular flexibility index (Phi) is 6.80. The molecule has 3 amide bonds. The van der Waals surface area contributed by atoms with E-state index in [0.29, 0.717) is 25.9 Å². The summed E-state index contributed by atoms with van der Waals surface area (Å²) in [6.45, 7) is 8.21. The molecular weight excluding hydrogens is 418 g/mol. The molecule has 0 bridgehead atoms. The molecule has 5 atom stereocenters. The lowest BCUT2D eigenvalue weighted by Gasteiger charge is -2.35. The first-order valence-electron chi connectivity index (χ1n) is 12.3. The number of carbonyl (C=O) groups is 3. The van der Waals surface area contributed by atoms with E-state index in [1.54, 1.807) is 4.90 Å². The van der Waals surface area contributed by atoms with Crippen LogP contribution in [0.1, 0.15) is 77.0 Å². The summed E-state index contributed by atoms with van der Waals surface area (Å²) in [5.41, 5.74) is 2.00. The predicted octanol–water partition coefficient (Wildman–Crippen LogP) is 3.08. The standard InChI is InChI=1S/C26H37N3O4/c1-5-16(2)23(30)28-20-13-14-33-21-15-26(3,4)22(29(21)25(20)32)24(31)27-19-12-8-10-17-9-6-7-11-18(17)19/h6-7,9,11,16,19-22H,5,8,10,12-15H2,1-4H3,(H,27,31)(H,28,30)/t16-,19-,20+,21+,22-/m1/s1. The Hall–Kier alpha value is -2.41. The highest BCUT2D eigenvalue weighted by atomic mass is 16.5. The van der Waals surface area contributed by atoms with Gasteiger partial charge < -0.3 is 20.3 Å². The maximum atomic E-state index is 13.7. The first-order valence-corrected chi connectivity index (χ1v) is 12.3. The van der Waals surface area contributed by atoms with Crippen molar-refractivity contribution in [3.8, 4) is 0 Å². The van der Waals surface area contributed by atoms with Crippen LogP contribution in [0.15, 0.2) is 24.3 Å². The van der Waals surface area contributed by atoms with Crippen molar-refractivity contribution in [2.75, 3.05) is 6.61 Å². The largest absolute Gasteiger partial charge is 0.358 e. The summed E-state index contributed by atoms with van der Waals surface area (Å²) in [6.07, 6.45) is 4.19. The highest BCUT2D eigenvalue weighted by Gasteiger charge is 2.55. The lowest BCUT2D eigenvalue weighted by molar-refractivity contribution is -0.150. The molecule has 33 heavy (non-hydrogen) atoms. The first-order chi connectivity index (χ1) is 15.7. The van der Waals surface area contributed by atoms with E-state index < -0.39 is 23.7 Å². The van der Waals surface area contributed by atoms with Crippen molar-refractivity contribution in [1.82, 2.24) is 15.5 Å². The summed E-state index contributed by atoms with van der Waals surface area (Å²) in [4.78, 5) is 41.4. The summed E-state index contributed by atoms with van der Waals surface area (Å²) in [6, 6.07) is 6.88. The number of fused-ring (bicyclic) bond motifs is 2. The predicted molar refractivity (Wildman–Crippen MR) is 125 cm³/mol. The van der Waals surface area contributed by atoms with Crippen LogP contribution in [-0.2, 0) is 25.5 Å². The lowest BCUT2D eigenvalue weighted by Crippen LogP contribution is -2.57. The molecule has 2 N–H and O–H groups in total. The first kappa shape index (κ1) is 23.7. The van der Waals surface area contributed by atoms with Gasteiger partial charge in [-0.25, -0.2) is 0 Å². The fraction of sp³-hybridized carbons (Fsp3) is 0.654. The maximum Gasteiger partial charge on any atom is 0.247 e. The van der Waals surface area contributed by atoms with E-state index in [1.165, 1.54) is 11.1 Å². The van der Waals surface area contributed by atoms with Crippen molar-refractivity contribution in [2.45, 2.75) is 90.6 Å². The summed E-state index contributed by atoms with van der Waals surface area (Å²) in [5, 5.41) is 6.17. The van der Waals surface area contributed by atoms with Crippen LogP contribution in [-0.4, -0.2) is 47.5 Å². The molecule has 3 aliphatic rings. The van der Waals surface area contributed by atoms with Crippen LogP contribution < -0.4 is 10.6 Å². The summed E-state index contributed by atoms with van der Waals surface area (Å²) in [5.74, 6) is -0.662. The maximum absolute atomic E-state index is 13.7. The molecular formula is C26H37N3O4. The monoisotopic (exact) mass is 455 g/mol. The number of nitrogens with zero attached hydrogens (tertiary/aromatic N) is 1. The zero-order valence-electron chi connectivity index (χ0n) is 20.2. The number of nitrogens with one attached hydrogen (secondary N) is 2. The molecule has 0 radical (unpaired) electrons. The van der Waals surface area contributed by atoms with Gasteiger partial charge in [0.1, 0.15) is 18.3 Å². The van der Waals surface area contributed by atoms with Crippen LogP contribution >= 0.6 is 0 Å². The molecule has 1 aliphatic carbocycles. The molecule has 0 spiro atoms. The molecule has 0 aromatic heterocycles. The van der Waals surface area contributed by atoms with E-state index in [0.717, 1.165) is 19.3 Å². The van der Waals surface area contributed by atoms with Crippen LogP contribution in [0.5, 0.6) is 0 Å². The van der Waals surface area contributed by atoms with Crippen LogP contribution in [0.3, 0.4) is 0 Å². The van der Waals surface area contributed by atoms with E-state index >= 15 is 0 Å². The van der Waals surface area contributed by atoms with Crippen molar-refractivity contribution in [3.63, 3.8) is 0 Å². The van der Waals surface area contributed by atoms with Crippen molar-refractivity contribution in [2.24, 2.45) is 11.3 Å². The third-order valence-corrected chi connectivity index (χ3v) is 7.61. The third kappa shape index (κ3) is 4.65. The highest BCUT2D eigenvalue weighted by Crippen LogP contribution is 2.43. The quantitative estimate of drug-likeness (QED) is 0.714. The molecule has 2 heterocycles. The summed E-state index contributed by atoms with van der Waals surface area (Å²) >= 11 is 0. The minimum atomic E-state index is -0.670. The number of amides is 3. The van der Waals surface area contributed by atoms with Crippen molar-refractivity contribution >= 4 is 17.7 Å². The smallest absolute Gasteiger partial charge is 0.247 e. The van der Waals surface area contributed by atoms with Crippen LogP contribution in [0.2, 0.25) is 0 Å². The normalized spacial score (nSPS) is 29.5. The number of carbonyl (C=O) groups excluding carboxylic acids is 3.